The molecule has 5 heteroatoms. The minimum atomic E-state index is -0.0874. The van der Waals surface area contributed by atoms with Gasteiger partial charge in [0.2, 0.25) is 5.91 Å². The van der Waals surface area contributed by atoms with Crippen molar-refractivity contribution < 1.29 is 9.53 Å². The Morgan fingerprint density at radius 2 is 1.86 bits per heavy atom. The van der Waals surface area contributed by atoms with Crippen LogP contribution in [0.2, 0.25) is 5.02 Å². The Balaban J connectivity index is 1.73. The van der Waals surface area contributed by atoms with E-state index in [1.807, 2.05) is 24.3 Å². The molecule has 0 aromatic heterocycles. The van der Waals surface area contributed by atoms with E-state index in [0.29, 0.717) is 41.6 Å². The van der Waals surface area contributed by atoms with Crippen molar-refractivity contribution in [3.8, 4) is 5.75 Å². The van der Waals surface area contributed by atoms with E-state index in [1.54, 1.807) is 24.3 Å². The Labute approximate surface area is 128 Å². The highest BCUT2D eigenvalue weighted by Crippen LogP contribution is 2.23. The molecular weight excluding hydrogens is 288 g/mol. The van der Waals surface area contributed by atoms with E-state index in [-0.39, 0.29) is 5.91 Å². The highest BCUT2D eigenvalue weighted by atomic mass is 35.5. The van der Waals surface area contributed by atoms with Gasteiger partial charge in [0, 0.05) is 6.42 Å². The molecule has 0 fully saturated rings. The molecule has 2 aromatic rings. The van der Waals surface area contributed by atoms with Crippen molar-refractivity contribution in [1.29, 1.82) is 0 Å². The number of anilines is 2. The lowest BCUT2D eigenvalue weighted by Gasteiger charge is -2.09. The fourth-order valence-electron chi connectivity index (χ4n) is 1.80. The molecule has 0 aliphatic rings. The Hall–Kier alpha value is -2.20. The van der Waals surface area contributed by atoms with Gasteiger partial charge in [-0.25, -0.2) is 0 Å². The van der Waals surface area contributed by atoms with Gasteiger partial charge in [-0.2, -0.15) is 0 Å². The molecule has 3 N–H and O–H groups in total. The monoisotopic (exact) mass is 304 g/mol. The summed E-state index contributed by atoms with van der Waals surface area (Å²) in [7, 11) is 0. The third-order valence-corrected chi connectivity index (χ3v) is 3.19. The van der Waals surface area contributed by atoms with E-state index in [2.05, 4.69) is 5.32 Å². The number of nitrogens with two attached hydrogens (primary N) is 1. The molecule has 0 radical (unpaired) electrons. The van der Waals surface area contributed by atoms with Crippen molar-refractivity contribution >= 4 is 28.9 Å². The summed E-state index contributed by atoms with van der Waals surface area (Å²) in [5.41, 5.74) is 6.95. The number of nitrogen functional groups attached to an aromatic ring is 1. The Kier molecular flexibility index (Phi) is 5.46. The molecule has 0 aliphatic carbocycles. The van der Waals surface area contributed by atoms with Crippen LogP contribution in [0.15, 0.2) is 48.5 Å². The average molecular weight is 305 g/mol. The molecule has 21 heavy (non-hydrogen) atoms. The van der Waals surface area contributed by atoms with Crippen LogP contribution in [-0.4, -0.2) is 12.5 Å². The summed E-state index contributed by atoms with van der Waals surface area (Å²) in [5.74, 6) is 0.544. The van der Waals surface area contributed by atoms with Crippen LogP contribution in [0.3, 0.4) is 0 Å². The van der Waals surface area contributed by atoms with E-state index < -0.39 is 0 Å². The van der Waals surface area contributed by atoms with Crippen LogP contribution in [-0.2, 0) is 4.79 Å². The fraction of sp³-hybridized carbons (Fsp3) is 0.188. The van der Waals surface area contributed by atoms with Crippen molar-refractivity contribution in [3.05, 3.63) is 53.6 Å². The molecule has 2 rings (SSSR count). The van der Waals surface area contributed by atoms with Crippen LogP contribution in [0.1, 0.15) is 12.8 Å². The number of rotatable bonds is 6. The van der Waals surface area contributed by atoms with Crippen molar-refractivity contribution in [2.75, 3.05) is 17.7 Å². The van der Waals surface area contributed by atoms with E-state index in [9.17, 15) is 4.79 Å². The summed E-state index contributed by atoms with van der Waals surface area (Å²) >= 11 is 5.97. The second-order valence-corrected chi connectivity index (χ2v) is 4.93. The van der Waals surface area contributed by atoms with E-state index in [4.69, 9.17) is 22.1 Å². The summed E-state index contributed by atoms with van der Waals surface area (Å²) in [6.07, 6.45) is 0.961. The molecule has 0 saturated carbocycles. The van der Waals surface area contributed by atoms with Gasteiger partial charge in [-0.05, 0) is 30.7 Å². The molecule has 0 spiro atoms. The minimum Gasteiger partial charge on any atom is -0.492 e. The number of halogens is 1. The number of ether oxygens (including phenoxy) is 1. The van der Waals surface area contributed by atoms with Crippen molar-refractivity contribution in [2.45, 2.75) is 12.8 Å². The summed E-state index contributed by atoms with van der Waals surface area (Å²) in [6, 6.07) is 14.4. The summed E-state index contributed by atoms with van der Waals surface area (Å²) in [5, 5.41) is 3.34. The molecule has 110 valence electrons. The van der Waals surface area contributed by atoms with Gasteiger partial charge in [0.1, 0.15) is 5.75 Å². The highest BCUT2D eigenvalue weighted by molar-refractivity contribution is 6.32. The van der Waals surface area contributed by atoms with Gasteiger partial charge in [-0.15, -0.1) is 0 Å². The Morgan fingerprint density at radius 3 is 2.62 bits per heavy atom. The molecule has 0 heterocycles. The smallest absolute Gasteiger partial charge is 0.224 e. The van der Waals surface area contributed by atoms with Crippen molar-refractivity contribution in [3.63, 3.8) is 0 Å². The van der Waals surface area contributed by atoms with Crippen LogP contribution < -0.4 is 15.8 Å². The molecule has 0 saturated heterocycles. The number of amides is 1. The molecular formula is C16H17ClN2O2. The van der Waals surface area contributed by atoms with Crippen LogP contribution >= 0.6 is 11.6 Å². The van der Waals surface area contributed by atoms with Crippen LogP contribution in [0.4, 0.5) is 11.4 Å². The zero-order chi connectivity index (χ0) is 15.1. The lowest BCUT2D eigenvalue weighted by atomic mass is 10.2. The maximum absolute atomic E-state index is 11.8. The molecule has 0 atom stereocenters. The zero-order valence-electron chi connectivity index (χ0n) is 11.5. The topological polar surface area (TPSA) is 64.3 Å². The predicted octanol–water partition coefficient (Wildman–Crippen LogP) is 3.72. The van der Waals surface area contributed by atoms with Gasteiger partial charge in [0.05, 0.1) is 23.0 Å². The van der Waals surface area contributed by atoms with Crippen LogP contribution in [0.5, 0.6) is 5.75 Å². The normalized spacial score (nSPS) is 10.1. The summed E-state index contributed by atoms with van der Waals surface area (Å²) in [4.78, 5) is 11.8. The first-order chi connectivity index (χ1) is 10.2. The Morgan fingerprint density at radius 1 is 1.14 bits per heavy atom. The first-order valence-corrected chi connectivity index (χ1v) is 7.06. The van der Waals surface area contributed by atoms with Gasteiger partial charge in [0.25, 0.3) is 0 Å². The lowest BCUT2D eigenvalue weighted by molar-refractivity contribution is -0.116. The average Bonchev–Trinajstić information content (AvgIpc) is 2.48. The SMILES string of the molecule is Nc1ccccc1NC(=O)CCCOc1ccccc1Cl. The van der Waals surface area contributed by atoms with Gasteiger partial charge in [0.15, 0.2) is 0 Å². The second-order valence-electron chi connectivity index (χ2n) is 4.52. The first-order valence-electron chi connectivity index (χ1n) is 6.68. The summed E-state index contributed by atoms with van der Waals surface area (Å²) < 4.78 is 5.52. The van der Waals surface area contributed by atoms with Gasteiger partial charge in [-0.3, -0.25) is 4.79 Å². The Bertz CT molecular complexity index is 617. The minimum absolute atomic E-state index is 0.0874. The molecule has 0 aliphatic heterocycles. The van der Waals surface area contributed by atoms with E-state index in [0.717, 1.165) is 0 Å². The molecule has 2 aromatic carbocycles. The van der Waals surface area contributed by atoms with Gasteiger partial charge >= 0.3 is 0 Å². The van der Waals surface area contributed by atoms with Crippen molar-refractivity contribution in [2.24, 2.45) is 0 Å². The number of para-hydroxylation sites is 3. The fourth-order valence-corrected chi connectivity index (χ4v) is 1.99. The predicted molar refractivity (Wildman–Crippen MR) is 85.7 cm³/mol. The summed E-state index contributed by atoms with van der Waals surface area (Å²) in [6.45, 7) is 0.432. The van der Waals surface area contributed by atoms with Crippen molar-refractivity contribution in [1.82, 2.24) is 0 Å². The first kappa shape index (κ1) is 15.2. The number of hydrogen-bond donors (Lipinski definition) is 2. The maximum Gasteiger partial charge on any atom is 0.224 e. The third kappa shape index (κ3) is 4.68. The zero-order valence-corrected chi connectivity index (χ0v) is 12.3. The second kappa shape index (κ2) is 7.55. The molecule has 0 bridgehead atoms. The number of carbonyl (C=O) groups is 1. The third-order valence-electron chi connectivity index (χ3n) is 2.88. The number of nitrogens with one attached hydrogen (secondary N) is 1. The van der Waals surface area contributed by atoms with E-state index in [1.165, 1.54) is 0 Å². The molecule has 4 nitrogen and oxygen atoms in total. The van der Waals surface area contributed by atoms with Crippen LogP contribution in [0.25, 0.3) is 0 Å². The number of hydrogen-bond acceptors (Lipinski definition) is 3. The lowest BCUT2D eigenvalue weighted by Crippen LogP contribution is -2.13. The van der Waals surface area contributed by atoms with Gasteiger partial charge in [-0.1, -0.05) is 35.9 Å². The maximum atomic E-state index is 11.8. The van der Waals surface area contributed by atoms with Gasteiger partial charge < -0.3 is 15.8 Å². The van der Waals surface area contributed by atoms with Crippen LogP contribution in [0, 0.1) is 0 Å². The number of benzene rings is 2. The number of carbonyl (C=O) groups excluding carboxylic acids is 1. The largest absolute Gasteiger partial charge is 0.492 e. The quantitative estimate of drug-likeness (QED) is 0.631. The standard InChI is InChI=1S/C16H17ClN2O2/c17-12-6-1-4-9-15(12)21-11-5-10-16(20)19-14-8-3-2-7-13(14)18/h1-4,6-9H,5,10-11,18H2,(H,19,20). The molecule has 0 unspecified atom stereocenters. The molecule has 1 amide bonds. The highest BCUT2D eigenvalue weighted by Gasteiger charge is 2.05. The van der Waals surface area contributed by atoms with E-state index >= 15 is 0 Å².